The lowest BCUT2D eigenvalue weighted by Crippen LogP contribution is -2.30. The minimum Gasteiger partial charge on any atom is -0.768 e. The minimum atomic E-state index is -4.57. The summed E-state index contributed by atoms with van der Waals surface area (Å²) in [5, 5.41) is 13.1. The lowest BCUT2D eigenvalue weighted by atomic mass is 9.99. The number of allylic oxidation sites excluding steroid dienone is 6. The molecule has 0 saturated heterocycles. The number of H-pyrrole nitrogens is 1. The molecule has 0 aliphatic heterocycles. The number of aliphatic hydroxyl groups excluding tert-OH is 1. The summed E-state index contributed by atoms with van der Waals surface area (Å²) in [5.41, 5.74) is 1.10. The second-order valence-electron chi connectivity index (χ2n) is 8.03. The molecule has 1 aromatic heterocycles. The van der Waals surface area contributed by atoms with E-state index in [1.807, 2.05) is 0 Å². The molecule has 194 valence electrons. The van der Waals surface area contributed by atoms with Crippen LogP contribution in [-0.2, 0) is 17.5 Å². The van der Waals surface area contributed by atoms with Crippen molar-refractivity contribution in [3.05, 3.63) is 114 Å². The molecule has 1 unspecified atom stereocenters. The number of alkyl halides is 3. The van der Waals surface area contributed by atoms with Gasteiger partial charge >= 0.3 is 6.18 Å². The maximum Gasteiger partial charge on any atom is 0.416 e. The Bertz CT molecular complexity index is 1390. The number of hydrogen-bond donors (Lipinski definition) is 3. The minimum absolute atomic E-state index is 0.00421. The SMILES string of the molecule is C=C/C=C(Cc1cc2cc(C(=O)N[C@@H](CO)c3ccc(S(=O)[O-])cc3)ccc2[nH]1)\C(=C/C=C)C(F)(F)F. The van der Waals surface area contributed by atoms with Crippen LogP contribution >= 0.6 is 0 Å². The quantitative estimate of drug-likeness (QED) is 0.248. The second kappa shape index (κ2) is 12.0. The van der Waals surface area contributed by atoms with E-state index in [2.05, 4.69) is 23.5 Å². The van der Waals surface area contributed by atoms with Gasteiger partial charge in [-0.05, 0) is 58.6 Å². The van der Waals surface area contributed by atoms with E-state index in [0.717, 1.165) is 12.2 Å². The molecule has 0 bridgehead atoms. The number of nitrogens with one attached hydrogen (secondary N) is 2. The molecule has 0 radical (unpaired) electrons. The number of rotatable bonds is 10. The first-order chi connectivity index (χ1) is 17.6. The fourth-order valence-corrected chi connectivity index (χ4v) is 4.17. The Morgan fingerprint density at radius 1 is 1.11 bits per heavy atom. The first-order valence-electron chi connectivity index (χ1n) is 11.0. The number of hydrogen-bond acceptors (Lipinski definition) is 4. The number of fused-ring (bicyclic) bond motifs is 1. The maximum absolute atomic E-state index is 13.5. The summed E-state index contributed by atoms with van der Waals surface area (Å²) in [7, 11) is 0. The summed E-state index contributed by atoms with van der Waals surface area (Å²) in [6.45, 7) is 6.46. The van der Waals surface area contributed by atoms with Crippen molar-refractivity contribution < 1.29 is 31.8 Å². The summed E-state index contributed by atoms with van der Waals surface area (Å²) in [4.78, 5) is 16.0. The third-order valence-electron chi connectivity index (χ3n) is 5.54. The van der Waals surface area contributed by atoms with Gasteiger partial charge in [-0.15, -0.1) is 0 Å². The number of aliphatic hydroxyl groups is 1. The van der Waals surface area contributed by atoms with E-state index in [1.54, 1.807) is 24.3 Å². The van der Waals surface area contributed by atoms with E-state index in [-0.39, 0.29) is 22.5 Å². The molecule has 0 saturated carbocycles. The predicted molar refractivity (Wildman–Crippen MR) is 136 cm³/mol. The van der Waals surface area contributed by atoms with Crippen LogP contribution in [0.25, 0.3) is 10.9 Å². The number of aromatic nitrogens is 1. The normalized spacial score (nSPS) is 14.3. The molecule has 37 heavy (non-hydrogen) atoms. The highest BCUT2D eigenvalue weighted by Crippen LogP contribution is 2.33. The standard InChI is InChI=1S/C27H25F3N2O4S/c1-3-5-18(23(6-4-2)27(28,29)30)14-21-15-20-13-19(9-12-24(20)31-21)26(34)32-25(16-33)17-7-10-22(11-8-17)37(35)36/h3-13,15,25,31,33H,1-2,14,16H2,(H,32,34)(H,35,36)/p-1/b18-5-,23-6+/t25-/m0/s1. The molecular formula is C27H24F3N2O4S-. The van der Waals surface area contributed by atoms with E-state index in [1.165, 1.54) is 36.4 Å². The lowest BCUT2D eigenvalue weighted by molar-refractivity contribution is -0.0894. The Kier molecular flexibility index (Phi) is 9.04. The molecule has 0 aliphatic carbocycles. The van der Waals surface area contributed by atoms with E-state index >= 15 is 0 Å². The van der Waals surface area contributed by atoms with E-state index < -0.39 is 41.4 Å². The van der Waals surface area contributed by atoms with Crippen molar-refractivity contribution in [2.45, 2.75) is 23.5 Å². The van der Waals surface area contributed by atoms with Crippen LogP contribution in [-0.4, -0.2) is 37.5 Å². The maximum atomic E-state index is 13.5. The van der Waals surface area contributed by atoms with Crippen LogP contribution in [0.1, 0.15) is 27.7 Å². The zero-order valence-electron chi connectivity index (χ0n) is 19.5. The van der Waals surface area contributed by atoms with Crippen LogP contribution in [0.2, 0.25) is 0 Å². The first kappa shape index (κ1) is 27.9. The summed E-state index contributed by atoms with van der Waals surface area (Å²) >= 11 is -2.39. The van der Waals surface area contributed by atoms with Gasteiger partial charge < -0.3 is 20.0 Å². The Balaban J connectivity index is 1.83. The molecule has 6 nitrogen and oxygen atoms in total. The highest BCUT2D eigenvalue weighted by molar-refractivity contribution is 7.79. The molecule has 0 aliphatic rings. The molecule has 3 rings (SSSR count). The Morgan fingerprint density at radius 2 is 1.78 bits per heavy atom. The van der Waals surface area contributed by atoms with Gasteiger partial charge in [-0.2, -0.15) is 13.2 Å². The van der Waals surface area contributed by atoms with Crippen LogP contribution in [0, 0.1) is 0 Å². The van der Waals surface area contributed by atoms with Gasteiger partial charge in [-0.25, -0.2) is 0 Å². The number of amides is 1. The lowest BCUT2D eigenvalue weighted by Gasteiger charge is -2.17. The summed E-state index contributed by atoms with van der Waals surface area (Å²) in [6.07, 6.45) is -0.0633. The number of aromatic amines is 1. The zero-order valence-corrected chi connectivity index (χ0v) is 20.4. The number of benzene rings is 2. The van der Waals surface area contributed by atoms with Crippen LogP contribution in [0.4, 0.5) is 13.2 Å². The highest BCUT2D eigenvalue weighted by Gasteiger charge is 2.35. The number of halogens is 3. The van der Waals surface area contributed by atoms with E-state index in [0.29, 0.717) is 22.2 Å². The highest BCUT2D eigenvalue weighted by atomic mass is 32.2. The third kappa shape index (κ3) is 6.94. The van der Waals surface area contributed by atoms with Crippen molar-refractivity contribution in [2.24, 2.45) is 0 Å². The van der Waals surface area contributed by atoms with E-state index in [9.17, 15) is 31.8 Å². The molecule has 1 amide bonds. The largest absolute Gasteiger partial charge is 0.768 e. The monoisotopic (exact) mass is 529 g/mol. The molecule has 2 atom stereocenters. The van der Waals surface area contributed by atoms with Gasteiger partial charge in [-0.1, -0.05) is 49.6 Å². The average molecular weight is 530 g/mol. The molecule has 0 spiro atoms. The van der Waals surface area contributed by atoms with E-state index in [4.69, 9.17) is 0 Å². The zero-order chi connectivity index (χ0) is 27.2. The van der Waals surface area contributed by atoms with Crippen molar-refractivity contribution in [3.63, 3.8) is 0 Å². The molecular weight excluding hydrogens is 505 g/mol. The number of carbonyl (C=O) groups is 1. The van der Waals surface area contributed by atoms with Crippen molar-refractivity contribution in [1.82, 2.24) is 10.3 Å². The molecule has 3 aromatic rings. The Morgan fingerprint density at radius 3 is 2.35 bits per heavy atom. The van der Waals surface area contributed by atoms with Crippen molar-refractivity contribution >= 4 is 27.9 Å². The van der Waals surface area contributed by atoms with Crippen LogP contribution in [0.3, 0.4) is 0 Å². The molecule has 0 fully saturated rings. The molecule has 3 N–H and O–H groups in total. The van der Waals surface area contributed by atoms with Gasteiger partial charge in [0, 0.05) is 33.5 Å². The smallest absolute Gasteiger partial charge is 0.416 e. The van der Waals surface area contributed by atoms with Gasteiger partial charge in [0.1, 0.15) is 0 Å². The van der Waals surface area contributed by atoms with Crippen LogP contribution < -0.4 is 5.32 Å². The van der Waals surface area contributed by atoms with Crippen LogP contribution in [0.15, 0.2) is 102 Å². The van der Waals surface area contributed by atoms with Crippen LogP contribution in [0.5, 0.6) is 0 Å². The van der Waals surface area contributed by atoms with Gasteiger partial charge in [-0.3, -0.25) is 9.00 Å². The van der Waals surface area contributed by atoms with Gasteiger partial charge in [0.25, 0.3) is 5.91 Å². The predicted octanol–water partition coefficient (Wildman–Crippen LogP) is 5.20. The third-order valence-corrected chi connectivity index (χ3v) is 6.19. The van der Waals surface area contributed by atoms with Gasteiger partial charge in [0.2, 0.25) is 0 Å². The first-order valence-corrected chi connectivity index (χ1v) is 12.1. The fraction of sp³-hybridized carbons (Fsp3) is 0.148. The Labute approximate surface area is 214 Å². The summed E-state index contributed by atoms with van der Waals surface area (Å²) in [5.74, 6) is -0.485. The molecule has 10 heteroatoms. The topological polar surface area (TPSA) is 105 Å². The Hall–Kier alpha value is -3.73. The second-order valence-corrected chi connectivity index (χ2v) is 8.97. The molecule has 2 aromatic carbocycles. The fourth-order valence-electron chi connectivity index (χ4n) is 3.81. The van der Waals surface area contributed by atoms with Crippen molar-refractivity contribution in [1.29, 1.82) is 0 Å². The van der Waals surface area contributed by atoms with Crippen molar-refractivity contribution in [2.75, 3.05) is 6.61 Å². The van der Waals surface area contributed by atoms with Gasteiger partial charge in [0.05, 0.1) is 18.2 Å². The number of carbonyl (C=O) groups excluding carboxylic acids is 1. The molecule has 1 heterocycles. The van der Waals surface area contributed by atoms with Crippen molar-refractivity contribution in [3.8, 4) is 0 Å². The summed E-state index contributed by atoms with van der Waals surface area (Å²) in [6, 6.07) is 11.4. The summed E-state index contributed by atoms with van der Waals surface area (Å²) < 4.78 is 62.7. The average Bonchev–Trinajstić information content (AvgIpc) is 3.26. The van der Waals surface area contributed by atoms with Gasteiger partial charge in [0.15, 0.2) is 0 Å².